The molecule has 2 N–H and O–H groups in total. The van der Waals surface area contributed by atoms with Crippen LogP contribution >= 0.6 is 0 Å². The molecule has 0 rings (SSSR count). The Bertz CT molecular complexity index is 147. The molecule has 0 aliphatic rings. The summed E-state index contributed by atoms with van der Waals surface area (Å²) >= 11 is 0. The van der Waals surface area contributed by atoms with Crippen molar-refractivity contribution in [2.24, 2.45) is 5.41 Å². The van der Waals surface area contributed by atoms with E-state index < -0.39 is 0 Å². The Hall–Kier alpha value is -0.120. The van der Waals surface area contributed by atoms with Gasteiger partial charge in [-0.05, 0) is 33.2 Å². The number of rotatable bonds is 9. The van der Waals surface area contributed by atoms with Crippen LogP contribution in [0.1, 0.15) is 40.5 Å². The van der Waals surface area contributed by atoms with Gasteiger partial charge >= 0.3 is 0 Å². The quantitative estimate of drug-likeness (QED) is 0.579. The summed E-state index contributed by atoms with van der Waals surface area (Å²) in [6.45, 7) is 11.2. The van der Waals surface area contributed by atoms with E-state index in [2.05, 4.69) is 33.0 Å². The lowest BCUT2D eigenvalue weighted by molar-refractivity contribution is 0.0758. The molecule has 0 radical (unpaired) electrons. The molecule has 0 aliphatic heterocycles. The first-order valence-corrected chi connectivity index (χ1v) is 5.91. The van der Waals surface area contributed by atoms with Gasteiger partial charge in [0.25, 0.3) is 0 Å². The van der Waals surface area contributed by atoms with Gasteiger partial charge in [-0.1, -0.05) is 13.8 Å². The zero-order valence-corrected chi connectivity index (χ0v) is 10.7. The molecule has 0 heterocycles. The van der Waals surface area contributed by atoms with E-state index in [0.717, 1.165) is 32.5 Å². The highest BCUT2D eigenvalue weighted by molar-refractivity contribution is 4.69. The molecule has 0 unspecified atom stereocenters. The Balaban J connectivity index is 3.18. The van der Waals surface area contributed by atoms with Crippen molar-refractivity contribution in [2.75, 3.05) is 26.3 Å². The third-order valence-corrected chi connectivity index (χ3v) is 2.23. The monoisotopic (exact) mass is 217 g/mol. The van der Waals surface area contributed by atoms with Crippen LogP contribution in [0.4, 0.5) is 0 Å². The van der Waals surface area contributed by atoms with Crippen LogP contribution in [0.5, 0.6) is 0 Å². The van der Waals surface area contributed by atoms with Gasteiger partial charge in [0.15, 0.2) is 0 Å². The second-order valence-corrected chi connectivity index (χ2v) is 5.13. The molecule has 92 valence electrons. The number of ether oxygens (including phenoxy) is 1. The highest BCUT2D eigenvalue weighted by Crippen LogP contribution is 2.10. The number of hydrogen-bond acceptors (Lipinski definition) is 3. The van der Waals surface area contributed by atoms with Gasteiger partial charge < -0.3 is 15.2 Å². The minimum absolute atomic E-state index is 0.00552. The van der Waals surface area contributed by atoms with Gasteiger partial charge in [-0.15, -0.1) is 0 Å². The Labute approximate surface area is 94.2 Å². The second kappa shape index (κ2) is 8.08. The number of aliphatic hydroxyl groups is 1. The van der Waals surface area contributed by atoms with Gasteiger partial charge in [-0.25, -0.2) is 0 Å². The summed E-state index contributed by atoms with van der Waals surface area (Å²) in [6, 6.07) is 0. The maximum atomic E-state index is 9.04. The Morgan fingerprint density at radius 1 is 1.27 bits per heavy atom. The lowest BCUT2D eigenvalue weighted by atomic mass is 9.95. The number of unbranched alkanes of at least 4 members (excludes halogenated alkanes) is 1. The number of hydrogen-bond donors (Lipinski definition) is 2. The van der Waals surface area contributed by atoms with Crippen LogP contribution in [0.15, 0.2) is 0 Å². The van der Waals surface area contributed by atoms with E-state index in [1.54, 1.807) is 0 Å². The summed E-state index contributed by atoms with van der Waals surface area (Å²) in [5.74, 6) is 0. The Kier molecular flexibility index (Phi) is 8.02. The molecule has 0 aromatic rings. The van der Waals surface area contributed by atoms with Crippen molar-refractivity contribution in [3.63, 3.8) is 0 Å². The lowest BCUT2D eigenvalue weighted by Crippen LogP contribution is -2.32. The molecule has 0 fully saturated rings. The SMILES string of the molecule is CC(C)OCCCCNCC(C)(C)CO. The second-order valence-electron chi connectivity index (χ2n) is 5.13. The molecule has 0 saturated carbocycles. The first-order chi connectivity index (χ1) is 6.98. The summed E-state index contributed by atoms with van der Waals surface area (Å²) < 4.78 is 5.44. The summed E-state index contributed by atoms with van der Waals surface area (Å²) in [7, 11) is 0. The molecular formula is C12H27NO2. The predicted octanol–water partition coefficient (Wildman–Crippen LogP) is 1.80. The van der Waals surface area contributed by atoms with Crippen molar-refractivity contribution in [3.8, 4) is 0 Å². The molecule has 0 aromatic heterocycles. The summed E-state index contributed by atoms with van der Waals surface area (Å²) in [4.78, 5) is 0. The zero-order valence-electron chi connectivity index (χ0n) is 10.7. The van der Waals surface area contributed by atoms with Gasteiger partial charge in [0, 0.05) is 25.2 Å². The highest BCUT2D eigenvalue weighted by atomic mass is 16.5. The number of nitrogens with one attached hydrogen (secondary N) is 1. The molecule has 0 aliphatic carbocycles. The normalized spacial score (nSPS) is 12.4. The maximum absolute atomic E-state index is 9.04. The predicted molar refractivity (Wildman–Crippen MR) is 64.1 cm³/mol. The van der Waals surface area contributed by atoms with Crippen LogP contribution in [0.25, 0.3) is 0 Å². The van der Waals surface area contributed by atoms with Crippen LogP contribution in [-0.4, -0.2) is 37.5 Å². The first kappa shape index (κ1) is 14.9. The topological polar surface area (TPSA) is 41.5 Å². The van der Waals surface area contributed by atoms with Gasteiger partial charge in [0.05, 0.1) is 6.10 Å². The molecule has 0 bridgehead atoms. The fraction of sp³-hybridized carbons (Fsp3) is 1.00. The molecule has 15 heavy (non-hydrogen) atoms. The van der Waals surface area contributed by atoms with Crippen molar-refractivity contribution in [1.29, 1.82) is 0 Å². The molecule has 0 saturated heterocycles. The molecule has 0 atom stereocenters. The molecule has 3 nitrogen and oxygen atoms in total. The van der Waals surface area contributed by atoms with Gasteiger partial charge in [0.2, 0.25) is 0 Å². The van der Waals surface area contributed by atoms with E-state index in [0.29, 0.717) is 6.10 Å². The van der Waals surface area contributed by atoms with E-state index in [1.165, 1.54) is 0 Å². The van der Waals surface area contributed by atoms with E-state index in [4.69, 9.17) is 9.84 Å². The largest absolute Gasteiger partial charge is 0.396 e. The molecule has 0 amide bonds. The molecule has 0 aromatic carbocycles. The average Bonchev–Trinajstić information content (AvgIpc) is 2.16. The van der Waals surface area contributed by atoms with E-state index in [9.17, 15) is 0 Å². The minimum atomic E-state index is -0.00552. The van der Waals surface area contributed by atoms with Crippen molar-refractivity contribution < 1.29 is 9.84 Å². The fourth-order valence-electron chi connectivity index (χ4n) is 1.15. The van der Waals surface area contributed by atoms with Crippen molar-refractivity contribution in [2.45, 2.75) is 46.6 Å². The van der Waals surface area contributed by atoms with Crippen LogP contribution in [0, 0.1) is 5.41 Å². The standard InChI is InChI=1S/C12H27NO2/c1-11(2)15-8-6-5-7-13-9-12(3,4)10-14/h11,13-14H,5-10H2,1-4H3. The number of aliphatic hydroxyl groups excluding tert-OH is 1. The van der Waals surface area contributed by atoms with Crippen LogP contribution in [0.3, 0.4) is 0 Å². The Morgan fingerprint density at radius 3 is 2.47 bits per heavy atom. The van der Waals surface area contributed by atoms with Crippen LogP contribution in [-0.2, 0) is 4.74 Å². The smallest absolute Gasteiger partial charge is 0.0518 e. The molecular weight excluding hydrogens is 190 g/mol. The lowest BCUT2D eigenvalue weighted by Gasteiger charge is -2.21. The maximum Gasteiger partial charge on any atom is 0.0518 e. The van der Waals surface area contributed by atoms with Gasteiger partial charge in [-0.2, -0.15) is 0 Å². The summed E-state index contributed by atoms with van der Waals surface area (Å²) in [5.41, 5.74) is -0.00552. The average molecular weight is 217 g/mol. The third-order valence-electron chi connectivity index (χ3n) is 2.23. The Morgan fingerprint density at radius 2 is 1.93 bits per heavy atom. The summed E-state index contributed by atoms with van der Waals surface area (Å²) in [6.07, 6.45) is 2.57. The van der Waals surface area contributed by atoms with E-state index in [1.807, 2.05) is 0 Å². The third kappa shape index (κ3) is 10.2. The van der Waals surface area contributed by atoms with Crippen LogP contribution in [0.2, 0.25) is 0 Å². The van der Waals surface area contributed by atoms with E-state index >= 15 is 0 Å². The highest BCUT2D eigenvalue weighted by Gasteiger charge is 2.14. The van der Waals surface area contributed by atoms with Crippen LogP contribution < -0.4 is 5.32 Å². The first-order valence-electron chi connectivity index (χ1n) is 5.91. The van der Waals surface area contributed by atoms with Gasteiger partial charge in [-0.3, -0.25) is 0 Å². The van der Waals surface area contributed by atoms with Crippen molar-refractivity contribution in [3.05, 3.63) is 0 Å². The zero-order chi connectivity index (χ0) is 11.7. The summed E-state index contributed by atoms with van der Waals surface area (Å²) in [5, 5.41) is 12.4. The molecule has 3 heteroatoms. The van der Waals surface area contributed by atoms with E-state index in [-0.39, 0.29) is 12.0 Å². The van der Waals surface area contributed by atoms with Gasteiger partial charge in [0.1, 0.15) is 0 Å². The van der Waals surface area contributed by atoms with Crippen molar-refractivity contribution >= 4 is 0 Å². The minimum Gasteiger partial charge on any atom is -0.396 e. The molecule has 0 spiro atoms. The fourth-order valence-corrected chi connectivity index (χ4v) is 1.15. The van der Waals surface area contributed by atoms with Crippen molar-refractivity contribution in [1.82, 2.24) is 5.32 Å².